The number of aromatic amines is 1. The van der Waals surface area contributed by atoms with Crippen LogP contribution < -0.4 is 21.1 Å². The molecule has 3 N–H and O–H groups in total. The van der Waals surface area contributed by atoms with Crippen LogP contribution in [0.3, 0.4) is 0 Å². The highest BCUT2D eigenvalue weighted by molar-refractivity contribution is 5.99. The first kappa shape index (κ1) is 41.7. The molecule has 0 spiro atoms. The Balaban J connectivity index is 1.17. The SMILES string of the molecule is Cc1c(C(=O)NCc2c(=O)[nH]c(C)c3ccccc23)cc2c(-c3ccc(N4CCC(NC(=O)OC(C)(C)C)CC4)nc3)ccn2c1C(C)N1CCN(C(F)C(F)F)CC1. The number of rotatable bonds is 10. The van der Waals surface area contributed by atoms with Gasteiger partial charge in [-0.1, -0.05) is 24.3 Å². The Labute approximate surface area is 341 Å². The molecule has 5 aromatic rings. The van der Waals surface area contributed by atoms with Gasteiger partial charge in [0.25, 0.3) is 17.9 Å². The summed E-state index contributed by atoms with van der Waals surface area (Å²) in [5.74, 6) is 0.466. The van der Waals surface area contributed by atoms with Crippen LogP contribution in [-0.4, -0.2) is 99.8 Å². The quantitative estimate of drug-likeness (QED) is 0.127. The Morgan fingerprint density at radius 2 is 1.63 bits per heavy atom. The molecule has 2 aliphatic heterocycles. The van der Waals surface area contributed by atoms with E-state index in [-0.39, 0.29) is 43.2 Å². The molecule has 0 radical (unpaired) electrons. The fourth-order valence-electron chi connectivity index (χ4n) is 8.47. The molecule has 2 unspecified atom stereocenters. The summed E-state index contributed by atoms with van der Waals surface area (Å²) < 4.78 is 48.2. The van der Waals surface area contributed by atoms with Crippen molar-refractivity contribution in [2.75, 3.05) is 44.2 Å². The number of hydrogen-bond donors (Lipinski definition) is 3. The van der Waals surface area contributed by atoms with Crippen LogP contribution in [0.4, 0.5) is 23.8 Å². The van der Waals surface area contributed by atoms with Crippen LogP contribution in [0.2, 0.25) is 0 Å². The number of halogens is 3. The summed E-state index contributed by atoms with van der Waals surface area (Å²) in [6.45, 7) is 13.7. The van der Waals surface area contributed by atoms with E-state index in [1.807, 2.05) is 102 Å². The topological polar surface area (TPSA) is 127 Å². The highest BCUT2D eigenvalue weighted by Crippen LogP contribution is 2.35. The van der Waals surface area contributed by atoms with Crippen LogP contribution in [0, 0.1) is 13.8 Å². The summed E-state index contributed by atoms with van der Waals surface area (Å²) in [5, 5.41) is 7.66. The third kappa shape index (κ3) is 8.96. The van der Waals surface area contributed by atoms with E-state index < -0.39 is 24.4 Å². The average molecular weight is 815 g/mol. The van der Waals surface area contributed by atoms with Crippen molar-refractivity contribution in [2.45, 2.75) is 91.3 Å². The molecule has 6 heterocycles. The number of amides is 2. The Morgan fingerprint density at radius 1 is 0.949 bits per heavy atom. The highest BCUT2D eigenvalue weighted by Gasteiger charge is 2.33. The minimum Gasteiger partial charge on any atom is -0.444 e. The van der Waals surface area contributed by atoms with Crippen molar-refractivity contribution in [3.8, 4) is 11.1 Å². The van der Waals surface area contributed by atoms with Crippen molar-refractivity contribution in [3.05, 3.63) is 99.4 Å². The third-order valence-corrected chi connectivity index (χ3v) is 11.6. The zero-order chi connectivity index (χ0) is 42.2. The number of fused-ring (bicyclic) bond motifs is 2. The number of anilines is 1. The maximum atomic E-state index is 14.3. The van der Waals surface area contributed by atoms with Crippen molar-refractivity contribution in [2.24, 2.45) is 0 Å². The molecule has 12 nitrogen and oxygen atoms in total. The molecule has 2 amide bonds. The van der Waals surface area contributed by atoms with Gasteiger partial charge < -0.3 is 29.7 Å². The second kappa shape index (κ2) is 17.1. The van der Waals surface area contributed by atoms with E-state index in [0.29, 0.717) is 37.3 Å². The van der Waals surface area contributed by atoms with Gasteiger partial charge in [0.05, 0.1) is 5.52 Å². The predicted octanol–water partition coefficient (Wildman–Crippen LogP) is 7.12. The Hall–Kier alpha value is -5.41. The summed E-state index contributed by atoms with van der Waals surface area (Å²) in [7, 11) is 0. The number of hydrogen-bond acceptors (Lipinski definition) is 8. The maximum Gasteiger partial charge on any atom is 0.407 e. The fraction of sp³-hybridized carbons (Fsp3) is 0.455. The van der Waals surface area contributed by atoms with Gasteiger partial charge in [-0.25, -0.2) is 22.9 Å². The summed E-state index contributed by atoms with van der Waals surface area (Å²) in [6.07, 6.45) is -0.515. The van der Waals surface area contributed by atoms with E-state index in [1.165, 1.54) is 4.90 Å². The Kier molecular flexibility index (Phi) is 12.1. The lowest BCUT2D eigenvalue weighted by Gasteiger charge is -2.39. The lowest BCUT2D eigenvalue weighted by Crippen LogP contribution is -2.51. The van der Waals surface area contributed by atoms with E-state index in [9.17, 15) is 27.6 Å². The first-order chi connectivity index (χ1) is 28.1. The minimum absolute atomic E-state index is 0.00846. The number of benzene rings is 1. The molecule has 15 heteroatoms. The summed E-state index contributed by atoms with van der Waals surface area (Å²) in [6, 6.07) is 15.2. The molecule has 0 aliphatic carbocycles. The predicted molar refractivity (Wildman–Crippen MR) is 223 cm³/mol. The summed E-state index contributed by atoms with van der Waals surface area (Å²) >= 11 is 0. The van der Waals surface area contributed by atoms with Crippen LogP contribution in [0.25, 0.3) is 27.4 Å². The number of H-pyrrole nitrogens is 1. The molecule has 0 bridgehead atoms. The van der Waals surface area contributed by atoms with Gasteiger partial charge >= 0.3 is 6.09 Å². The number of alkyl carbamates (subject to hydrolysis) is 1. The number of alkyl halides is 3. The first-order valence-electron chi connectivity index (χ1n) is 20.2. The van der Waals surface area contributed by atoms with Gasteiger partial charge in [0, 0.05) is 109 Å². The van der Waals surface area contributed by atoms with Gasteiger partial charge in [-0.15, -0.1) is 0 Å². The molecule has 2 atom stereocenters. The zero-order valence-electron chi connectivity index (χ0n) is 34.4. The molecule has 7 rings (SSSR count). The van der Waals surface area contributed by atoms with Crippen molar-refractivity contribution >= 4 is 34.1 Å². The Morgan fingerprint density at radius 3 is 2.27 bits per heavy atom. The first-order valence-corrected chi connectivity index (χ1v) is 20.2. The second-order valence-corrected chi connectivity index (χ2v) is 16.6. The number of nitrogens with zero attached hydrogens (tertiary/aromatic N) is 5. The van der Waals surface area contributed by atoms with Crippen LogP contribution in [0.5, 0.6) is 0 Å². The van der Waals surface area contributed by atoms with Crippen LogP contribution in [0.15, 0.2) is 65.7 Å². The number of pyridine rings is 3. The molecule has 2 saturated heterocycles. The van der Waals surface area contributed by atoms with Crippen molar-refractivity contribution in [1.29, 1.82) is 0 Å². The van der Waals surface area contributed by atoms with E-state index >= 15 is 0 Å². The molecule has 0 saturated carbocycles. The van der Waals surface area contributed by atoms with Gasteiger partial charge in [-0.05, 0) is 89.6 Å². The monoisotopic (exact) mass is 814 g/mol. The number of nitrogens with one attached hydrogen (secondary N) is 3. The molecular weight excluding hydrogens is 762 g/mol. The minimum atomic E-state index is -3.08. The number of ether oxygens (including phenoxy) is 1. The smallest absolute Gasteiger partial charge is 0.407 e. The van der Waals surface area contributed by atoms with Gasteiger partial charge in [0.1, 0.15) is 11.4 Å². The van der Waals surface area contributed by atoms with Crippen LogP contribution in [-0.2, 0) is 11.3 Å². The van der Waals surface area contributed by atoms with Crippen LogP contribution >= 0.6 is 0 Å². The molecule has 1 aromatic carbocycles. The van der Waals surface area contributed by atoms with Crippen molar-refractivity contribution in [3.63, 3.8) is 0 Å². The second-order valence-electron chi connectivity index (χ2n) is 16.6. The van der Waals surface area contributed by atoms with Crippen molar-refractivity contribution in [1.82, 2.24) is 34.8 Å². The van der Waals surface area contributed by atoms with Gasteiger partial charge in [-0.3, -0.25) is 19.4 Å². The van der Waals surface area contributed by atoms with Crippen LogP contribution in [0.1, 0.15) is 79.5 Å². The normalized spacial score (nSPS) is 17.1. The van der Waals surface area contributed by atoms with E-state index in [4.69, 9.17) is 9.72 Å². The standard InChI is InChI=1S/C44H53F3N8O4/c1-26-34(41(56)49-25-35-33-10-8-7-9-31(33)27(2)50-42(35)57)23-36-32(15-18-55(36)38(26)28(3)52-19-21-54(22-20-52)40(47)39(45)46)29-11-12-37(48-24-29)53-16-13-30(14-17-53)51-43(58)59-44(4,5)6/h7-12,15,18,23-24,28,30,39-40H,13-14,16-17,19-22,25H2,1-6H3,(H,49,56)(H,50,57)(H,51,58). The molecule has 2 aliphatic rings. The number of carbonyl (C=O) groups excluding carboxylic acids is 2. The van der Waals surface area contributed by atoms with Gasteiger partial charge in [0.2, 0.25) is 6.30 Å². The number of carbonyl (C=O) groups is 2. The van der Waals surface area contributed by atoms with Crippen molar-refractivity contribution < 1.29 is 27.5 Å². The van der Waals surface area contributed by atoms with E-state index in [2.05, 4.69) is 29.8 Å². The number of aromatic nitrogens is 3. The lowest BCUT2D eigenvalue weighted by molar-refractivity contribution is -0.0688. The molecule has 4 aromatic heterocycles. The molecule has 314 valence electrons. The Bertz CT molecular complexity index is 2380. The lowest BCUT2D eigenvalue weighted by atomic mass is 9.98. The molecule has 59 heavy (non-hydrogen) atoms. The fourth-order valence-corrected chi connectivity index (χ4v) is 8.47. The van der Waals surface area contributed by atoms with E-state index in [1.54, 1.807) is 0 Å². The largest absolute Gasteiger partial charge is 0.444 e. The third-order valence-electron chi connectivity index (χ3n) is 11.6. The average Bonchev–Trinajstić information content (AvgIpc) is 3.63. The van der Waals surface area contributed by atoms with Gasteiger partial charge in [0.15, 0.2) is 0 Å². The summed E-state index contributed by atoms with van der Waals surface area (Å²) in [5.41, 5.74) is 4.84. The van der Waals surface area contributed by atoms with Gasteiger partial charge in [-0.2, -0.15) is 0 Å². The summed E-state index contributed by atoms with van der Waals surface area (Å²) in [4.78, 5) is 52.9. The number of piperazine rings is 1. The zero-order valence-corrected chi connectivity index (χ0v) is 34.4. The highest BCUT2D eigenvalue weighted by atomic mass is 19.3. The number of aryl methyl sites for hydroxylation is 1. The van der Waals surface area contributed by atoms with E-state index in [0.717, 1.165) is 63.0 Å². The maximum absolute atomic E-state index is 14.3. The molecular formula is C44H53F3N8O4. The number of piperidine rings is 1. The molecule has 2 fully saturated rings.